The number of benzene rings is 1. The van der Waals surface area contributed by atoms with E-state index in [1.807, 2.05) is 0 Å². The Labute approximate surface area is 111 Å². The van der Waals surface area contributed by atoms with Crippen molar-refractivity contribution in [2.24, 2.45) is 11.8 Å². The summed E-state index contributed by atoms with van der Waals surface area (Å²) in [6, 6.07) is 7.47. The molecule has 1 aromatic rings. The molecule has 0 spiro atoms. The summed E-state index contributed by atoms with van der Waals surface area (Å²) in [5, 5.41) is 3.79. The minimum atomic E-state index is 0.714. The van der Waals surface area contributed by atoms with Gasteiger partial charge in [0.25, 0.3) is 0 Å². The zero-order chi connectivity index (χ0) is 12.5. The molecular formula is C17H25N. The van der Waals surface area contributed by atoms with Crippen LogP contribution in [0.2, 0.25) is 0 Å². The number of aryl methyl sites for hydroxylation is 2. The van der Waals surface area contributed by atoms with Crippen LogP contribution in [-0.2, 0) is 0 Å². The van der Waals surface area contributed by atoms with Gasteiger partial charge in [-0.05, 0) is 63.0 Å². The third kappa shape index (κ3) is 2.71. The van der Waals surface area contributed by atoms with Crippen LogP contribution < -0.4 is 5.32 Å². The van der Waals surface area contributed by atoms with Gasteiger partial charge >= 0.3 is 0 Å². The molecule has 0 amide bonds. The van der Waals surface area contributed by atoms with Crippen molar-refractivity contribution in [3.8, 4) is 0 Å². The van der Waals surface area contributed by atoms with Gasteiger partial charge in [-0.3, -0.25) is 0 Å². The summed E-state index contributed by atoms with van der Waals surface area (Å²) >= 11 is 0. The van der Waals surface area contributed by atoms with Crippen molar-refractivity contribution < 1.29 is 0 Å². The predicted octanol–water partition coefficient (Wildman–Crippen LogP) is 4.68. The predicted molar refractivity (Wildman–Crippen MR) is 78.0 cm³/mol. The lowest BCUT2D eigenvalue weighted by Gasteiger charge is -2.31. The molecule has 0 heterocycles. The maximum Gasteiger partial charge on any atom is 0.0372 e. The van der Waals surface area contributed by atoms with Crippen molar-refractivity contribution in [2.45, 2.75) is 58.4 Å². The lowest BCUT2D eigenvalue weighted by Crippen LogP contribution is -2.28. The molecule has 2 aliphatic rings. The summed E-state index contributed by atoms with van der Waals surface area (Å²) in [5.41, 5.74) is 4.10. The van der Waals surface area contributed by atoms with Gasteiger partial charge in [-0.25, -0.2) is 0 Å². The molecule has 1 N–H and O–H groups in total. The first kappa shape index (κ1) is 12.1. The van der Waals surface area contributed by atoms with E-state index < -0.39 is 0 Å². The van der Waals surface area contributed by atoms with Gasteiger partial charge in [0.15, 0.2) is 0 Å². The standard InChI is InChI=1S/C17H25N/c1-12-6-9-17(13(2)10-12)18-16-5-3-4-15(11-16)14-7-8-14/h6,9-10,14-16,18H,3-5,7-8,11H2,1-2H3. The summed E-state index contributed by atoms with van der Waals surface area (Å²) < 4.78 is 0. The van der Waals surface area contributed by atoms with E-state index in [2.05, 4.69) is 37.4 Å². The van der Waals surface area contributed by atoms with E-state index in [9.17, 15) is 0 Å². The zero-order valence-corrected chi connectivity index (χ0v) is 11.7. The van der Waals surface area contributed by atoms with Gasteiger partial charge in [0, 0.05) is 11.7 Å². The number of rotatable bonds is 3. The van der Waals surface area contributed by atoms with Crippen molar-refractivity contribution in [3.63, 3.8) is 0 Å². The van der Waals surface area contributed by atoms with Crippen LogP contribution in [0.5, 0.6) is 0 Å². The smallest absolute Gasteiger partial charge is 0.0372 e. The van der Waals surface area contributed by atoms with Crippen molar-refractivity contribution in [2.75, 3.05) is 5.32 Å². The van der Waals surface area contributed by atoms with E-state index in [1.165, 1.54) is 55.3 Å². The molecule has 2 fully saturated rings. The van der Waals surface area contributed by atoms with E-state index in [0.29, 0.717) is 6.04 Å². The second kappa shape index (κ2) is 4.95. The fraction of sp³-hybridized carbons (Fsp3) is 0.647. The largest absolute Gasteiger partial charge is 0.382 e. The molecule has 2 unspecified atom stereocenters. The van der Waals surface area contributed by atoms with Gasteiger partial charge < -0.3 is 5.32 Å². The molecule has 0 aromatic heterocycles. The van der Waals surface area contributed by atoms with Crippen LogP contribution in [0.15, 0.2) is 18.2 Å². The Balaban J connectivity index is 1.64. The Morgan fingerprint density at radius 1 is 1.00 bits per heavy atom. The van der Waals surface area contributed by atoms with Gasteiger partial charge in [0.2, 0.25) is 0 Å². The van der Waals surface area contributed by atoms with Crippen LogP contribution in [0.4, 0.5) is 5.69 Å². The summed E-state index contributed by atoms with van der Waals surface area (Å²) in [7, 11) is 0. The molecule has 2 aliphatic carbocycles. The average Bonchev–Trinajstić information content (AvgIpc) is 3.17. The molecule has 98 valence electrons. The highest BCUT2D eigenvalue weighted by atomic mass is 14.9. The number of nitrogens with one attached hydrogen (secondary N) is 1. The molecule has 0 saturated heterocycles. The molecule has 0 aliphatic heterocycles. The topological polar surface area (TPSA) is 12.0 Å². The summed E-state index contributed by atoms with van der Waals surface area (Å²) in [5.74, 6) is 2.09. The summed E-state index contributed by atoms with van der Waals surface area (Å²) in [6.45, 7) is 4.39. The van der Waals surface area contributed by atoms with E-state index >= 15 is 0 Å². The zero-order valence-electron chi connectivity index (χ0n) is 11.7. The van der Waals surface area contributed by atoms with Crippen LogP contribution in [0.1, 0.15) is 49.7 Å². The van der Waals surface area contributed by atoms with E-state index in [1.54, 1.807) is 0 Å². The minimum absolute atomic E-state index is 0.714. The lowest BCUT2D eigenvalue weighted by molar-refractivity contribution is 0.303. The van der Waals surface area contributed by atoms with Crippen molar-refractivity contribution in [3.05, 3.63) is 29.3 Å². The van der Waals surface area contributed by atoms with Crippen LogP contribution in [0.3, 0.4) is 0 Å². The molecule has 2 atom stereocenters. The normalized spacial score (nSPS) is 28.1. The Bertz CT molecular complexity index is 420. The number of hydrogen-bond donors (Lipinski definition) is 1. The molecule has 1 aromatic carbocycles. The molecule has 0 radical (unpaired) electrons. The summed E-state index contributed by atoms with van der Waals surface area (Å²) in [6.07, 6.45) is 8.66. The number of hydrogen-bond acceptors (Lipinski definition) is 1. The first-order valence-corrected chi connectivity index (χ1v) is 7.56. The van der Waals surface area contributed by atoms with Crippen LogP contribution in [0, 0.1) is 25.7 Å². The Morgan fingerprint density at radius 2 is 1.83 bits per heavy atom. The van der Waals surface area contributed by atoms with Crippen molar-refractivity contribution >= 4 is 5.69 Å². The van der Waals surface area contributed by atoms with Gasteiger partial charge in [0.1, 0.15) is 0 Å². The highest BCUT2D eigenvalue weighted by molar-refractivity contribution is 5.52. The minimum Gasteiger partial charge on any atom is -0.382 e. The Morgan fingerprint density at radius 3 is 2.56 bits per heavy atom. The first-order valence-electron chi connectivity index (χ1n) is 7.56. The third-order valence-corrected chi connectivity index (χ3v) is 4.74. The first-order chi connectivity index (χ1) is 8.72. The second-order valence-electron chi connectivity index (χ2n) is 6.42. The molecule has 1 nitrogen and oxygen atoms in total. The second-order valence-corrected chi connectivity index (χ2v) is 6.42. The highest BCUT2D eigenvalue weighted by Crippen LogP contribution is 2.44. The van der Waals surface area contributed by atoms with E-state index in [4.69, 9.17) is 0 Å². The molecule has 2 saturated carbocycles. The van der Waals surface area contributed by atoms with Crippen molar-refractivity contribution in [1.29, 1.82) is 0 Å². The fourth-order valence-corrected chi connectivity index (χ4v) is 3.55. The molecular weight excluding hydrogens is 218 g/mol. The maximum atomic E-state index is 3.79. The molecule has 18 heavy (non-hydrogen) atoms. The number of anilines is 1. The highest BCUT2D eigenvalue weighted by Gasteiger charge is 2.34. The van der Waals surface area contributed by atoms with Crippen molar-refractivity contribution in [1.82, 2.24) is 0 Å². The van der Waals surface area contributed by atoms with Gasteiger partial charge in [-0.15, -0.1) is 0 Å². The van der Waals surface area contributed by atoms with E-state index in [-0.39, 0.29) is 0 Å². The molecule has 0 bridgehead atoms. The van der Waals surface area contributed by atoms with Crippen LogP contribution >= 0.6 is 0 Å². The monoisotopic (exact) mass is 243 g/mol. The van der Waals surface area contributed by atoms with Gasteiger partial charge in [0.05, 0.1) is 0 Å². The van der Waals surface area contributed by atoms with Gasteiger partial charge in [-0.1, -0.05) is 30.5 Å². The molecule has 3 rings (SSSR count). The fourth-order valence-electron chi connectivity index (χ4n) is 3.55. The average molecular weight is 243 g/mol. The van der Waals surface area contributed by atoms with E-state index in [0.717, 1.165) is 11.8 Å². The molecule has 1 heteroatoms. The van der Waals surface area contributed by atoms with Crippen LogP contribution in [0.25, 0.3) is 0 Å². The Hall–Kier alpha value is -0.980. The SMILES string of the molecule is Cc1ccc(NC2CCCC(C3CC3)C2)c(C)c1. The quantitative estimate of drug-likeness (QED) is 0.812. The van der Waals surface area contributed by atoms with Crippen LogP contribution in [-0.4, -0.2) is 6.04 Å². The van der Waals surface area contributed by atoms with Gasteiger partial charge in [-0.2, -0.15) is 0 Å². The Kier molecular flexibility index (Phi) is 3.32. The summed E-state index contributed by atoms with van der Waals surface area (Å²) in [4.78, 5) is 0. The third-order valence-electron chi connectivity index (χ3n) is 4.74. The lowest BCUT2D eigenvalue weighted by atomic mass is 9.82. The maximum absolute atomic E-state index is 3.79.